The molecule has 0 aliphatic rings. The number of halogens is 1. The van der Waals surface area contributed by atoms with Crippen LogP contribution < -0.4 is 4.74 Å². The molecule has 6 heteroatoms. The van der Waals surface area contributed by atoms with Crippen LogP contribution in [0.5, 0.6) is 11.6 Å². The first-order valence-electron chi connectivity index (χ1n) is 6.10. The molecule has 0 amide bonds. The summed E-state index contributed by atoms with van der Waals surface area (Å²) < 4.78 is 28.3. The van der Waals surface area contributed by atoms with E-state index < -0.39 is 9.05 Å². The molecule has 1 heterocycles. The van der Waals surface area contributed by atoms with E-state index in [4.69, 9.17) is 15.4 Å². The molecule has 0 aliphatic carbocycles. The van der Waals surface area contributed by atoms with E-state index in [-0.39, 0.29) is 4.90 Å². The minimum atomic E-state index is -3.72. The summed E-state index contributed by atoms with van der Waals surface area (Å²) in [5.41, 5.74) is 0. The van der Waals surface area contributed by atoms with Crippen LogP contribution in [0.4, 0.5) is 0 Å². The van der Waals surface area contributed by atoms with Crippen molar-refractivity contribution in [2.45, 2.75) is 4.90 Å². The number of pyridine rings is 1. The van der Waals surface area contributed by atoms with Crippen molar-refractivity contribution >= 4 is 30.5 Å². The zero-order chi connectivity index (χ0) is 14.9. The van der Waals surface area contributed by atoms with E-state index in [9.17, 15) is 8.42 Å². The van der Waals surface area contributed by atoms with Gasteiger partial charge in [-0.3, -0.25) is 0 Å². The monoisotopic (exact) mass is 319 g/mol. The Morgan fingerprint density at radius 3 is 2.43 bits per heavy atom. The van der Waals surface area contributed by atoms with Crippen molar-refractivity contribution in [3.8, 4) is 11.6 Å². The second kappa shape index (κ2) is 5.35. The van der Waals surface area contributed by atoms with Crippen LogP contribution in [0.15, 0.2) is 65.7 Å². The number of aromatic nitrogens is 1. The lowest BCUT2D eigenvalue weighted by Crippen LogP contribution is -1.90. The third kappa shape index (κ3) is 3.15. The quantitative estimate of drug-likeness (QED) is 0.686. The summed E-state index contributed by atoms with van der Waals surface area (Å²) >= 11 is 0. The average molecular weight is 320 g/mol. The summed E-state index contributed by atoms with van der Waals surface area (Å²) in [5.74, 6) is 1.12. The van der Waals surface area contributed by atoms with Gasteiger partial charge in [0.05, 0.1) is 4.90 Å². The summed E-state index contributed by atoms with van der Waals surface area (Å²) in [6.07, 6.45) is 1.65. The Morgan fingerprint density at radius 1 is 0.952 bits per heavy atom. The Balaban J connectivity index is 1.98. The largest absolute Gasteiger partial charge is 0.439 e. The van der Waals surface area contributed by atoms with Crippen molar-refractivity contribution in [2.75, 3.05) is 0 Å². The van der Waals surface area contributed by atoms with E-state index in [1.165, 1.54) is 12.1 Å². The van der Waals surface area contributed by atoms with Gasteiger partial charge in [-0.2, -0.15) is 0 Å². The molecule has 2 aromatic carbocycles. The van der Waals surface area contributed by atoms with Gasteiger partial charge in [-0.05, 0) is 41.1 Å². The molecule has 0 saturated heterocycles. The molecule has 0 fully saturated rings. The molecule has 1 aromatic heterocycles. The highest BCUT2D eigenvalue weighted by Crippen LogP contribution is 2.27. The number of nitrogens with zero attached hydrogens (tertiary/aromatic N) is 1. The molecular weight excluding hydrogens is 310 g/mol. The molecule has 106 valence electrons. The first-order chi connectivity index (χ1) is 10.0. The van der Waals surface area contributed by atoms with Gasteiger partial charge in [0.25, 0.3) is 9.05 Å². The number of ether oxygens (including phenoxy) is 1. The van der Waals surface area contributed by atoms with Gasteiger partial charge in [0.2, 0.25) is 5.88 Å². The highest BCUT2D eigenvalue weighted by molar-refractivity contribution is 8.13. The summed E-state index contributed by atoms with van der Waals surface area (Å²) in [5, 5.41) is 1.62. The molecular formula is C15H10ClNO3S. The van der Waals surface area contributed by atoms with Gasteiger partial charge >= 0.3 is 0 Å². The third-order valence-corrected chi connectivity index (χ3v) is 4.28. The van der Waals surface area contributed by atoms with Gasteiger partial charge in [-0.1, -0.05) is 18.2 Å². The average Bonchev–Trinajstić information content (AvgIpc) is 2.47. The molecule has 4 nitrogen and oxygen atoms in total. The summed E-state index contributed by atoms with van der Waals surface area (Å²) in [6.45, 7) is 0. The zero-order valence-corrected chi connectivity index (χ0v) is 12.3. The Labute approximate surface area is 126 Å². The molecule has 0 atom stereocenters. The van der Waals surface area contributed by atoms with Crippen molar-refractivity contribution in [1.29, 1.82) is 0 Å². The molecule has 0 radical (unpaired) electrons. The van der Waals surface area contributed by atoms with E-state index in [1.54, 1.807) is 36.5 Å². The maximum absolute atomic E-state index is 11.3. The molecule has 0 unspecified atom stereocenters. The second-order valence-corrected chi connectivity index (χ2v) is 6.94. The van der Waals surface area contributed by atoms with E-state index in [1.807, 2.05) is 12.1 Å². The number of rotatable bonds is 3. The highest BCUT2D eigenvalue weighted by Gasteiger charge is 2.10. The fraction of sp³-hybridized carbons (Fsp3) is 0. The normalized spacial score (nSPS) is 11.5. The fourth-order valence-electron chi connectivity index (χ4n) is 1.95. The fourth-order valence-corrected chi connectivity index (χ4v) is 2.73. The Morgan fingerprint density at radius 2 is 1.71 bits per heavy atom. The summed E-state index contributed by atoms with van der Waals surface area (Å²) in [4.78, 5) is 4.16. The van der Waals surface area contributed by atoms with Gasteiger partial charge in [0.1, 0.15) is 5.75 Å². The van der Waals surface area contributed by atoms with Crippen LogP contribution in [0, 0.1) is 0 Å². The van der Waals surface area contributed by atoms with E-state index in [0.29, 0.717) is 11.6 Å². The van der Waals surface area contributed by atoms with E-state index in [2.05, 4.69) is 4.98 Å². The van der Waals surface area contributed by atoms with Crippen LogP contribution in [0.1, 0.15) is 0 Å². The number of fused-ring (bicyclic) bond motifs is 1. The molecule has 0 N–H and O–H groups in total. The van der Waals surface area contributed by atoms with E-state index >= 15 is 0 Å². The molecule has 0 saturated carbocycles. The smallest absolute Gasteiger partial charge is 0.261 e. The predicted molar refractivity (Wildman–Crippen MR) is 81.3 cm³/mol. The number of hydrogen-bond donors (Lipinski definition) is 0. The summed E-state index contributed by atoms with van der Waals surface area (Å²) in [7, 11) is 1.61. The van der Waals surface area contributed by atoms with E-state index in [0.717, 1.165) is 10.8 Å². The van der Waals surface area contributed by atoms with Crippen LogP contribution in [0.2, 0.25) is 0 Å². The van der Waals surface area contributed by atoms with Gasteiger partial charge in [0, 0.05) is 22.9 Å². The van der Waals surface area contributed by atoms with Crippen LogP contribution in [-0.2, 0) is 9.05 Å². The first kappa shape index (κ1) is 13.9. The van der Waals surface area contributed by atoms with Gasteiger partial charge < -0.3 is 4.74 Å². The Hall–Kier alpha value is -2.11. The lowest BCUT2D eigenvalue weighted by molar-refractivity contribution is 0.463. The van der Waals surface area contributed by atoms with Crippen LogP contribution in [-0.4, -0.2) is 13.4 Å². The lowest BCUT2D eigenvalue weighted by Gasteiger charge is -2.06. The van der Waals surface area contributed by atoms with Crippen molar-refractivity contribution in [2.24, 2.45) is 0 Å². The number of benzene rings is 2. The van der Waals surface area contributed by atoms with Crippen molar-refractivity contribution in [3.63, 3.8) is 0 Å². The zero-order valence-electron chi connectivity index (χ0n) is 10.7. The maximum atomic E-state index is 11.3. The Bertz CT molecular complexity index is 895. The van der Waals surface area contributed by atoms with Crippen molar-refractivity contribution in [1.82, 2.24) is 4.98 Å². The molecule has 21 heavy (non-hydrogen) atoms. The number of hydrogen-bond acceptors (Lipinski definition) is 4. The van der Waals surface area contributed by atoms with Crippen LogP contribution in [0.25, 0.3) is 10.8 Å². The topological polar surface area (TPSA) is 56.3 Å². The molecule has 3 aromatic rings. The molecule has 3 rings (SSSR count). The SMILES string of the molecule is O=S(=O)(Cl)c1ccc2cc(Oc3ccccn3)ccc2c1. The molecule has 0 bridgehead atoms. The summed E-state index contributed by atoms with van der Waals surface area (Å²) in [6, 6.07) is 15.4. The standard InChI is InChI=1S/C15H10ClNO3S/c16-21(18,19)14-7-5-11-9-13(6-4-12(11)10-14)20-15-3-1-2-8-17-15/h1-10H. The lowest BCUT2D eigenvalue weighted by atomic mass is 10.1. The minimum Gasteiger partial charge on any atom is -0.439 e. The van der Waals surface area contributed by atoms with Crippen molar-refractivity contribution < 1.29 is 13.2 Å². The molecule has 0 spiro atoms. The van der Waals surface area contributed by atoms with Gasteiger partial charge in [0.15, 0.2) is 0 Å². The van der Waals surface area contributed by atoms with Crippen LogP contribution in [0.3, 0.4) is 0 Å². The first-order valence-corrected chi connectivity index (χ1v) is 8.41. The minimum absolute atomic E-state index is 0.0788. The van der Waals surface area contributed by atoms with Gasteiger partial charge in [-0.15, -0.1) is 0 Å². The van der Waals surface area contributed by atoms with Gasteiger partial charge in [-0.25, -0.2) is 13.4 Å². The third-order valence-electron chi connectivity index (χ3n) is 2.92. The predicted octanol–water partition coefficient (Wildman–Crippen LogP) is 3.95. The second-order valence-electron chi connectivity index (χ2n) is 4.38. The van der Waals surface area contributed by atoms with Crippen molar-refractivity contribution in [3.05, 3.63) is 60.8 Å². The Kier molecular flexibility index (Phi) is 3.53. The van der Waals surface area contributed by atoms with Crippen LogP contribution >= 0.6 is 10.7 Å². The maximum Gasteiger partial charge on any atom is 0.261 e. The molecule has 0 aliphatic heterocycles. The highest BCUT2D eigenvalue weighted by atomic mass is 35.7.